The van der Waals surface area contributed by atoms with Crippen LogP contribution in [-0.2, 0) is 5.66 Å². The number of fused-ring (bicyclic) bond motifs is 1. The average molecular weight is 777 g/mol. The summed E-state index contributed by atoms with van der Waals surface area (Å²) in [6.07, 6.45) is 11.4. The second-order valence-corrected chi connectivity index (χ2v) is 16.5. The predicted molar refractivity (Wildman–Crippen MR) is 250 cm³/mol. The van der Waals surface area contributed by atoms with Gasteiger partial charge < -0.3 is 10.6 Å². The van der Waals surface area contributed by atoms with Gasteiger partial charge in [-0.15, -0.1) is 0 Å². The lowest BCUT2D eigenvalue weighted by atomic mass is 9.75. The quantitative estimate of drug-likeness (QED) is 0.162. The molecule has 4 nitrogen and oxygen atoms in total. The maximum absolute atomic E-state index is 5.78. The van der Waals surface area contributed by atoms with Gasteiger partial charge in [-0.1, -0.05) is 152 Å². The minimum absolute atomic E-state index is 0.0159. The van der Waals surface area contributed by atoms with Crippen molar-refractivity contribution in [3.05, 3.63) is 228 Å². The molecule has 60 heavy (non-hydrogen) atoms. The van der Waals surface area contributed by atoms with Crippen molar-refractivity contribution in [2.24, 2.45) is 10.9 Å². The normalized spacial score (nSPS) is 19.9. The summed E-state index contributed by atoms with van der Waals surface area (Å²) in [5.41, 5.74) is 18.4. The Bertz CT molecular complexity index is 2780. The highest BCUT2D eigenvalue weighted by atomic mass is 15.2. The van der Waals surface area contributed by atoms with E-state index in [-0.39, 0.29) is 5.92 Å². The van der Waals surface area contributed by atoms with Crippen LogP contribution in [0.1, 0.15) is 60.9 Å². The first-order valence-electron chi connectivity index (χ1n) is 21.2. The molecule has 292 valence electrons. The van der Waals surface area contributed by atoms with E-state index in [0.29, 0.717) is 6.04 Å². The average Bonchev–Trinajstić information content (AvgIpc) is 3.32. The fourth-order valence-electron chi connectivity index (χ4n) is 9.06. The molecule has 1 aliphatic carbocycles. The summed E-state index contributed by atoms with van der Waals surface area (Å²) in [6, 6.07) is 62.0. The number of pyridine rings is 1. The monoisotopic (exact) mass is 776 g/mol. The smallest absolute Gasteiger partial charge is 0.152 e. The second kappa shape index (κ2) is 16.0. The van der Waals surface area contributed by atoms with E-state index in [9.17, 15) is 0 Å². The molecular weight excluding hydrogens is 729 g/mol. The first-order valence-corrected chi connectivity index (χ1v) is 21.2. The van der Waals surface area contributed by atoms with Crippen LogP contribution in [0.4, 0.5) is 0 Å². The molecule has 7 aromatic rings. The van der Waals surface area contributed by atoms with E-state index in [0.717, 1.165) is 47.2 Å². The van der Waals surface area contributed by atoms with E-state index >= 15 is 0 Å². The van der Waals surface area contributed by atoms with Crippen LogP contribution >= 0.6 is 0 Å². The van der Waals surface area contributed by atoms with E-state index in [1.165, 1.54) is 61.4 Å². The van der Waals surface area contributed by atoms with Gasteiger partial charge in [0.25, 0.3) is 0 Å². The number of nitrogens with zero attached hydrogens (tertiary/aromatic N) is 2. The molecule has 2 aliphatic heterocycles. The number of hydrogen-bond acceptors (Lipinski definition) is 4. The number of aromatic nitrogens is 1. The van der Waals surface area contributed by atoms with Gasteiger partial charge in [0, 0.05) is 41.8 Å². The minimum atomic E-state index is -0.726. The van der Waals surface area contributed by atoms with Gasteiger partial charge in [0.05, 0.1) is 5.71 Å². The van der Waals surface area contributed by atoms with Gasteiger partial charge in [0.2, 0.25) is 0 Å². The molecule has 3 heterocycles. The largest absolute Gasteiger partial charge is 0.388 e. The molecule has 3 atom stereocenters. The van der Waals surface area contributed by atoms with Crippen LogP contribution < -0.4 is 10.6 Å². The van der Waals surface area contributed by atoms with Gasteiger partial charge >= 0.3 is 0 Å². The Morgan fingerprint density at radius 3 is 1.78 bits per heavy atom. The van der Waals surface area contributed by atoms with Crippen molar-refractivity contribution in [3.8, 4) is 33.4 Å². The highest BCUT2D eigenvalue weighted by Gasteiger charge is 2.41. The molecule has 0 spiro atoms. The number of rotatable bonds is 8. The minimum Gasteiger partial charge on any atom is -0.388 e. The Morgan fingerprint density at radius 1 is 0.550 bits per heavy atom. The van der Waals surface area contributed by atoms with E-state index < -0.39 is 5.66 Å². The summed E-state index contributed by atoms with van der Waals surface area (Å²) in [4.78, 5) is 10.2. The highest BCUT2D eigenvalue weighted by Crippen LogP contribution is 2.46. The van der Waals surface area contributed by atoms with Crippen LogP contribution in [0.25, 0.3) is 50.1 Å². The topological polar surface area (TPSA) is 49.3 Å². The van der Waals surface area contributed by atoms with Crippen molar-refractivity contribution in [3.63, 3.8) is 0 Å². The Hall–Kier alpha value is -7.04. The molecule has 0 amide bonds. The lowest BCUT2D eigenvalue weighted by Crippen LogP contribution is -2.47. The third-order valence-corrected chi connectivity index (χ3v) is 12.4. The third-order valence-electron chi connectivity index (χ3n) is 12.4. The molecule has 4 heteroatoms. The standard InChI is InChI=1S/C56H48N4/c1-38-21-22-49(37-58-38)42-27-29-51(30-28-42)56(2)59-54(43-25-23-41(24-26-43)48-20-11-31-57-36-48)53-35-50(46-18-9-16-44(32-46)39-12-5-3-6-13-39)34-52(55(53)60-56)47-19-10-17-45(33-47)40-14-7-4-8-15-40/h3-20,23-34,36-38,53,58,60H,21-22,35H2,1-2H3. The fourth-order valence-corrected chi connectivity index (χ4v) is 9.06. The second-order valence-electron chi connectivity index (χ2n) is 16.5. The van der Waals surface area contributed by atoms with Gasteiger partial charge in [-0.05, 0) is 130 Å². The first-order chi connectivity index (χ1) is 29.5. The zero-order valence-corrected chi connectivity index (χ0v) is 34.1. The molecule has 0 fully saturated rings. The summed E-state index contributed by atoms with van der Waals surface area (Å²) in [7, 11) is 0. The van der Waals surface area contributed by atoms with Crippen molar-refractivity contribution in [2.75, 3.05) is 0 Å². The van der Waals surface area contributed by atoms with Crippen molar-refractivity contribution < 1.29 is 0 Å². The SMILES string of the molecule is CC1CCC(c2ccc(C3(C)N=C(c4ccc(-c5cccnc5)cc4)C4CC(c5cccc(-c6ccccc6)c5)=CC(c5cccc(-c6ccccc6)c5)=C4N3)cc2)=CN1. The summed E-state index contributed by atoms with van der Waals surface area (Å²) < 4.78 is 0. The van der Waals surface area contributed by atoms with Gasteiger partial charge in [-0.25, -0.2) is 0 Å². The zero-order valence-electron chi connectivity index (χ0n) is 34.1. The van der Waals surface area contributed by atoms with Crippen LogP contribution in [0.3, 0.4) is 0 Å². The highest BCUT2D eigenvalue weighted by molar-refractivity contribution is 6.08. The van der Waals surface area contributed by atoms with E-state index in [2.05, 4.69) is 206 Å². The number of allylic oxidation sites excluding steroid dienone is 5. The number of aliphatic imine (C=N–C) groups is 1. The van der Waals surface area contributed by atoms with Crippen molar-refractivity contribution >= 4 is 22.4 Å². The first kappa shape index (κ1) is 37.2. The van der Waals surface area contributed by atoms with Gasteiger partial charge in [-0.2, -0.15) is 0 Å². The van der Waals surface area contributed by atoms with Crippen LogP contribution in [0.5, 0.6) is 0 Å². The number of hydrogen-bond donors (Lipinski definition) is 2. The molecule has 3 aliphatic rings. The molecule has 0 saturated heterocycles. The van der Waals surface area contributed by atoms with Gasteiger partial charge in [0.15, 0.2) is 5.66 Å². The van der Waals surface area contributed by atoms with Crippen LogP contribution in [0.15, 0.2) is 205 Å². The lowest BCUT2D eigenvalue weighted by molar-refractivity contribution is 0.389. The summed E-state index contributed by atoms with van der Waals surface area (Å²) in [5.74, 6) is -0.0159. The maximum Gasteiger partial charge on any atom is 0.152 e. The fraction of sp³-hybridized carbons (Fsp3) is 0.143. The van der Waals surface area contributed by atoms with Crippen molar-refractivity contribution in [2.45, 2.75) is 44.8 Å². The maximum atomic E-state index is 5.78. The van der Waals surface area contributed by atoms with E-state index in [1.54, 1.807) is 0 Å². The third kappa shape index (κ3) is 7.42. The molecule has 1 aromatic heterocycles. The number of benzene rings is 6. The Kier molecular flexibility index (Phi) is 9.90. The molecule has 10 rings (SSSR count). The molecule has 2 N–H and O–H groups in total. The Balaban J connectivity index is 1.14. The Labute approximate surface area is 353 Å². The zero-order chi connectivity index (χ0) is 40.5. The molecular formula is C56H48N4. The summed E-state index contributed by atoms with van der Waals surface area (Å²) >= 11 is 0. The van der Waals surface area contributed by atoms with E-state index in [1.807, 2.05) is 18.5 Å². The van der Waals surface area contributed by atoms with E-state index in [4.69, 9.17) is 4.99 Å². The van der Waals surface area contributed by atoms with Crippen LogP contribution in [0, 0.1) is 5.92 Å². The van der Waals surface area contributed by atoms with Crippen LogP contribution in [0.2, 0.25) is 0 Å². The molecule has 0 saturated carbocycles. The molecule has 3 unspecified atom stereocenters. The van der Waals surface area contributed by atoms with Crippen molar-refractivity contribution in [1.29, 1.82) is 0 Å². The van der Waals surface area contributed by atoms with Crippen molar-refractivity contribution in [1.82, 2.24) is 15.6 Å². The Morgan fingerprint density at radius 2 is 1.13 bits per heavy atom. The molecule has 0 bridgehead atoms. The molecule has 6 aromatic carbocycles. The lowest BCUT2D eigenvalue weighted by Gasteiger charge is -2.42. The predicted octanol–water partition coefficient (Wildman–Crippen LogP) is 13.0. The molecule has 0 radical (unpaired) electrons. The van der Waals surface area contributed by atoms with Gasteiger partial charge in [-0.3, -0.25) is 9.98 Å². The number of nitrogens with one attached hydrogen (secondary N) is 2. The summed E-state index contributed by atoms with van der Waals surface area (Å²) in [6.45, 7) is 4.48. The summed E-state index contributed by atoms with van der Waals surface area (Å²) in [5, 5.41) is 7.65. The van der Waals surface area contributed by atoms with Gasteiger partial charge in [0.1, 0.15) is 0 Å². The van der Waals surface area contributed by atoms with Crippen LogP contribution in [-0.4, -0.2) is 16.7 Å².